The van der Waals surface area contributed by atoms with Crippen molar-refractivity contribution >= 4 is 15.9 Å². The highest BCUT2D eigenvalue weighted by Crippen LogP contribution is 2.17. The van der Waals surface area contributed by atoms with E-state index in [1.165, 1.54) is 24.8 Å². The van der Waals surface area contributed by atoms with Gasteiger partial charge in [0.1, 0.15) is 4.60 Å². The van der Waals surface area contributed by atoms with Crippen LogP contribution in [0.3, 0.4) is 0 Å². The van der Waals surface area contributed by atoms with Crippen LogP contribution in [0.4, 0.5) is 0 Å². The SMILES string of the molecule is N[C@H]1CCCC[C@@H]1NCc1ccc(Br)nc1. The number of hydrogen-bond acceptors (Lipinski definition) is 3. The molecule has 1 aromatic rings. The summed E-state index contributed by atoms with van der Waals surface area (Å²) in [5, 5.41) is 3.53. The molecule has 3 N–H and O–H groups in total. The summed E-state index contributed by atoms with van der Waals surface area (Å²) >= 11 is 3.33. The van der Waals surface area contributed by atoms with E-state index in [2.05, 4.69) is 32.3 Å². The van der Waals surface area contributed by atoms with Gasteiger partial charge in [0, 0.05) is 24.8 Å². The fourth-order valence-electron chi connectivity index (χ4n) is 2.17. The zero-order valence-corrected chi connectivity index (χ0v) is 10.9. The largest absolute Gasteiger partial charge is 0.326 e. The smallest absolute Gasteiger partial charge is 0.106 e. The fraction of sp³-hybridized carbons (Fsp3) is 0.583. The Bertz CT molecular complexity index is 326. The minimum absolute atomic E-state index is 0.317. The molecule has 1 heterocycles. The van der Waals surface area contributed by atoms with Gasteiger partial charge in [-0.3, -0.25) is 0 Å². The van der Waals surface area contributed by atoms with Crippen LogP contribution in [-0.2, 0) is 6.54 Å². The molecule has 1 aromatic heterocycles. The van der Waals surface area contributed by atoms with Gasteiger partial charge in [-0.15, -0.1) is 0 Å². The second-order valence-corrected chi connectivity index (χ2v) is 5.24. The zero-order chi connectivity index (χ0) is 11.4. The monoisotopic (exact) mass is 283 g/mol. The molecular formula is C12H18BrN3. The first kappa shape index (κ1) is 12.0. The topological polar surface area (TPSA) is 50.9 Å². The lowest BCUT2D eigenvalue weighted by molar-refractivity contribution is 0.326. The minimum Gasteiger partial charge on any atom is -0.326 e. The third kappa shape index (κ3) is 3.27. The van der Waals surface area contributed by atoms with Crippen molar-refractivity contribution in [3.8, 4) is 0 Å². The first-order chi connectivity index (χ1) is 7.75. The molecule has 16 heavy (non-hydrogen) atoms. The van der Waals surface area contributed by atoms with E-state index in [4.69, 9.17) is 5.73 Å². The van der Waals surface area contributed by atoms with Crippen molar-refractivity contribution in [2.75, 3.05) is 0 Å². The van der Waals surface area contributed by atoms with Crippen molar-refractivity contribution in [1.29, 1.82) is 0 Å². The molecule has 0 saturated heterocycles. The van der Waals surface area contributed by atoms with E-state index in [0.29, 0.717) is 12.1 Å². The van der Waals surface area contributed by atoms with Crippen molar-refractivity contribution < 1.29 is 0 Å². The van der Waals surface area contributed by atoms with Crippen LogP contribution in [0.1, 0.15) is 31.2 Å². The summed E-state index contributed by atoms with van der Waals surface area (Å²) in [5.74, 6) is 0. The normalized spacial score (nSPS) is 25.6. The average Bonchev–Trinajstić information content (AvgIpc) is 2.30. The van der Waals surface area contributed by atoms with Crippen LogP contribution in [0.15, 0.2) is 22.9 Å². The van der Waals surface area contributed by atoms with Crippen molar-refractivity contribution in [2.24, 2.45) is 5.73 Å². The van der Waals surface area contributed by atoms with E-state index in [1.807, 2.05) is 12.3 Å². The molecule has 88 valence electrons. The molecule has 2 rings (SSSR count). The molecule has 1 aliphatic carbocycles. The van der Waals surface area contributed by atoms with Crippen molar-refractivity contribution in [3.63, 3.8) is 0 Å². The lowest BCUT2D eigenvalue weighted by atomic mass is 9.91. The molecule has 3 nitrogen and oxygen atoms in total. The Hall–Kier alpha value is -0.450. The zero-order valence-electron chi connectivity index (χ0n) is 9.32. The van der Waals surface area contributed by atoms with Gasteiger partial charge in [0.15, 0.2) is 0 Å². The number of nitrogens with zero attached hydrogens (tertiary/aromatic N) is 1. The maximum Gasteiger partial charge on any atom is 0.106 e. The molecule has 1 aliphatic rings. The predicted molar refractivity (Wildman–Crippen MR) is 69.0 cm³/mol. The Morgan fingerprint density at radius 1 is 1.38 bits per heavy atom. The molecule has 0 aromatic carbocycles. The molecule has 1 saturated carbocycles. The van der Waals surface area contributed by atoms with Gasteiger partial charge in [-0.05, 0) is 40.4 Å². The van der Waals surface area contributed by atoms with Crippen molar-refractivity contribution in [2.45, 2.75) is 44.3 Å². The summed E-state index contributed by atoms with van der Waals surface area (Å²) in [7, 11) is 0. The van der Waals surface area contributed by atoms with E-state index >= 15 is 0 Å². The summed E-state index contributed by atoms with van der Waals surface area (Å²) < 4.78 is 0.880. The van der Waals surface area contributed by atoms with Gasteiger partial charge in [-0.1, -0.05) is 18.9 Å². The molecule has 2 atom stereocenters. The van der Waals surface area contributed by atoms with Gasteiger partial charge in [-0.2, -0.15) is 0 Å². The number of rotatable bonds is 3. The number of aromatic nitrogens is 1. The predicted octanol–water partition coefficient (Wildman–Crippen LogP) is 2.20. The highest BCUT2D eigenvalue weighted by molar-refractivity contribution is 9.10. The van der Waals surface area contributed by atoms with Crippen LogP contribution in [0.5, 0.6) is 0 Å². The number of nitrogens with two attached hydrogens (primary N) is 1. The molecule has 0 aliphatic heterocycles. The van der Waals surface area contributed by atoms with Crippen molar-refractivity contribution in [1.82, 2.24) is 10.3 Å². The maximum atomic E-state index is 6.08. The lowest BCUT2D eigenvalue weighted by Gasteiger charge is -2.29. The Balaban J connectivity index is 1.84. The summed E-state index contributed by atoms with van der Waals surface area (Å²) in [4.78, 5) is 4.21. The van der Waals surface area contributed by atoms with Gasteiger partial charge < -0.3 is 11.1 Å². The minimum atomic E-state index is 0.317. The van der Waals surface area contributed by atoms with Crippen LogP contribution in [0, 0.1) is 0 Å². The van der Waals surface area contributed by atoms with Gasteiger partial charge >= 0.3 is 0 Å². The standard InChI is InChI=1S/C12H18BrN3/c13-12-6-5-9(8-16-12)7-15-11-4-2-1-3-10(11)14/h5-6,8,10-11,15H,1-4,7,14H2/t10-,11-/m0/s1. The molecule has 1 fully saturated rings. The van der Waals surface area contributed by atoms with E-state index in [9.17, 15) is 0 Å². The summed E-state index contributed by atoms with van der Waals surface area (Å²) in [5.41, 5.74) is 7.29. The highest BCUT2D eigenvalue weighted by Gasteiger charge is 2.20. The fourth-order valence-corrected chi connectivity index (χ4v) is 2.41. The second kappa shape index (κ2) is 5.75. The third-order valence-corrected chi connectivity index (χ3v) is 3.65. The van der Waals surface area contributed by atoms with E-state index in [-0.39, 0.29) is 0 Å². The maximum absolute atomic E-state index is 6.08. The molecule has 0 spiro atoms. The van der Waals surface area contributed by atoms with Gasteiger partial charge in [0.05, 0.1) is 0 Å². The number of hydrogen-bond donors (Lipinski definition) is 2. The average molecular weight is 284 g/mol. The number of nitrogens with one attached hydrogen (secondary N) is 1. The highest BCUT2D eigenvalue weighted by atomic mass is 79.9. The molecular weight excluding hydrogens is 266 g/mol. The summed E-state index contributed by atoms with van der Waals surface area (Å²) in [6.45, 7) is 0.860. The van der Waals surface area contributed by atoms with Crippen LogP contribution in [0.2, 0.25) is 0 Å². The number of pyridine rings is 1. The summed E-state index contributed by atoms with van der Waals surface area (Å²) in [6, 6.07) is 4.84. The molecule has 0 radical (unpaired) electrons. The van der Waals surface area contributed by atoms with Gasteiger partial charge in [0.25, 0.3) is 0 Å². The molecule has 0 unspecified atom stereocenters. The Morgan fingerprint density at radius 3 is 2.88 bits per heavy atom. The van der Waals surface area contributed by atoms with E-state index < -0.39 is 0 Å². The van der Waals surface area contributed by atoms with E-state index in [1.54, 1.807) is 0 Å². The lowest BCUT2D eigenvalue weighted by Crippen LogP contribution is -2.46. The van der Waals surface area contributed by atoms with Crippen LogP contribution >= 0.6 is 15.9 Å². The second-order valence-electron chi connectivity index (χ2n) is 4.42. The van der Waals surface area contributed by atoms with Gasteiger partial charge in [-0.25, -0.2) is 4.98 Å². The van der Waals surface area contributed by atoms with Crippen LogP contribution < -0.4 is 11.1 Å². The Morgan fingerprint density at radius 2 is 2.19 bits per heavy atom. The van der Waals surface area contributed by atoms with E-state index in [0.717, 1.165) is 17.6 Å². The molecule has 0 amide bonds. The Labute approximate surface area is 105 Å². The number of halogens is 1. The quantitative estimate of drug-likeness (QED) is 0.837. The van der Waals surface area contributed by atoms with Gasteiger partial charge in [0.2, 0.25) is 0 Å². The van der Waals surface area contributed by atoms with Crippen molar-refractivity contribution in [3.05, 3.63) is 28.5 Å². The molecule has 4 heteroatoms. The first-order valence-electron chi connectivity index (χ1n) is 5.85. The van der Waals surface area contributed by atoms with Crippen LogP contribution in [-0.4, -0.2) is 17.1 Å². The summed E-state index contributed by atoms with van der Waals surface area (Å²) in [6.07, 6.45) is 6.82. The molecule has 0 bridgehead atoms. The Kier molecular flexibility index (Phi) is 4.32. The first-order valence-corrected chi connectivity index (χ1v) is 6.64. The van der Waals surface area contributed by atoms with Crippen LogP contribution in [0.25, 0.3) is 0 Å². The third-order valence-electron chi connectivity index (χ3n) is 3.18.